The Morgan fingerprint density at radius 3 is 1.88 bits per heavy atom. The molecule has 98 valence electrons. The van der Waals surface area contributed by atoms with E-state index in [1.54, 1.807) is 6.07 Å². The van der Waals surface area contributed by atoms with Crippen LogP contribution in [0.25, 0.3) is 0 Å². The molecule has 0 bridgehead atoms. The molecule has 1 rings (SSSR count). The third kappa shape index (κ3) is 5.14. The summed E-state index contributed by atoms with van der Waals surface area (Å²) in [4.78, 5) is 0. The molecule has 0 atom stereocenters. The molecule has 1 aromatic carbocycles. The number of benzene rings is 1. The Hall–Kier alpha value is -0.470. The van der Waals surface area contributed by atoms with E-state index in [1.165, 1.54) is 6.07 Å². The van der Waals surface area contributed by atoms with Crippen molar-refractivity contribution < 1.29 is 26.7 Å². The third-order valence-corrected chi connectivity index (χ3v) is 4.54. The zero-order valence-corrected chi connectivity index (χ0v) is 12.9. The minimum Gasteiger partial charge on any atom is -0.873 e. The van der Waals surface area contributed by atoms with Gasteiger partial charge in [-0.3, -0.25) is 0 Å². The molecule has 0 unspecified atom stereocenters. The maximum absolute atomic E-state index is 11.3. The summed E-state index contributed by atoms with van der Waals surface area (Å²) in [6.07, 6.45) is 1.77. The van der Waals surface area contributed by atoms with Gasteiger partial charge in [0.15, 0.2) is 0 Å². The van der Waals surface area contributed by atoms with Crippen LogP contribution in [0.4, 0.5) is 0 Å². The van der Waals surface area contributed by atoms with Crippen LogP contribution in [0.2, 0.25) is 25.7 Å². The Bertz CT molecular complexity index is 372. The second-order valence-electron chi connectivity index (χ2n) is 5.48. The van der Waals surface area contributed by atoms with Gasteiger partial charge < -0.3 is 10.2 Å². The summed E-state index contributed by atoms with van der Waals surface area (Å²) >= 11 is 0. The molecule has 0 spiro atoms. The summed E-state index contributed by atoms with van der Waals surface area (Å²) in [5, 5.41) is 22.6. The molecule has 0 aromatic heterocycles. The van der Waals surface area contributed by atoms with E-state index in [4.69, 9.17) is 0 Å². The van der Waals surface area contributed by atoms with Crippen LogP contribution in [0.5, 0.6) is 11.5 Å². The molecule has 0 saturated carbocycles. The summed E-state index contributed by atoms with van der Waals surface area (Å²) in [5.74, 6) is -0.726. The van der Waals surface area contributed by atoms with Crippen LogP contribution in [-0.2, 0) is 29.3 Å². The first kappa shape index (κ1) is 16.5. The fourth-order valence-corrected chi connectivity index (χ4v) is 2.74. The van der Waals surface area contributed by atoms with Crippen LogP contribution in [0.15, 0.2) is 12.1 Å². The molecule has 0 N–H and O–H groups in total. The number of rotatable bonds is 4. The van der Waals surface area contributed by atoms with Gasteiger partial charge in [-0.25, -0.2) is 0 Å². The van der Waals surface area contributed by atoms with Gasteiger partial charge in [0.2, 0.25) is 0 Å². The van der Waals surface area contributed by atoms with Crippen molar-refractivity contribution in [1.29, 1.82) is 0 Å². The largest absolute Gasteiger partial charge is 2.00 e. The Kier molecular flexibility index (Phi) is 6.28. The van der Waals surface area contributed by atoms with Crippen LogP contribution >= 0.6 is 0 Å². The first-order chi connectivity index (χ1) is 7.33. The molecule has 0 aliphatic carbocycles. The molecule has 0 fully saturated rings. The fraction of sp³-hybridized carbons (Fsp3) is 0.538. The van der Waals surface area contributed by atoms with Gasteiger partial charge in [-0.15, -0.1) is 11.5 Å². The van der Waals surface area contributed by atoms with Crippen molar-refractivity contribution in [1.82, 2.24) is 0 Å². The number of aryl methyl sites for hydroxylation is 2. The van der Waals surface area contributed by atoms with Crippen LogP contribution in [0, 0.1) is 0 Å². The predicted octanol–water partition coefficient (Wildman–Crippen LogP) is 2.27. The molecular weight excluding hydrogens is 275 g/mol. The van der Waals surface area contributed by atoms with Crippen molar-refractivity contribution in [2.24, 2.45) is 0 Å². The summed E-state index contributed by atoms with van der Waals surface area (Å²) in [7, 11) is -1.09. The van der Waals surface area contributed by atoms with E-state index in [-0.39, 0.29) is 28.0 Å². The van der Waals surface area contributed by atoms with E-state index in [9.17, 15) is 10.2 Å². The molecule has 0 heterocycles. The Balaban J connectivity index is 0.00000256. The van der Waals surface area contributed by atoms with E-state index in [0.717, 1.165) is 30.0 Å². The SMILES string of the molecule is CCc1cc([O-])c([O-])cc1CC[Si](C)(C)C.[Ni+2]. The van der Waals surface area contributed by atoms with Crippen LogP contribution in [-0.4, -0.2) is 8.07 Å². The number of hydrogen-bond donors (Lipinski definition) is 0. The molecule has 0 aliphatic heterocycles. The van der Waals surface area contributed by atoms with Gasteiger partial charge in [-0.2, -0.15) is 0 Å². The monoisotopic (exact) mass is 294 g/mol. The van der Waals surface area contributed by atoms with Crippen LogP contribution < -0.4 is 10.2 Å². The van der Waals surface area contributed by atoms with E-state index in [1.807, 2.05) is 6.92 Å². The van der Waals surface area contributed by atoms with Crippen molar-refractivity contribution in [2.75, 3.05) is 0 Å². The third-order valence-electron chi connectivity index (χ3n) is 2.79. The minimum atomic E-state index is -1.09. The van der Waals surface area contributed by atoms with Gasteiger partial charge in [0, 0.05) is 8.07 Å². The zero-order valence-electron chi connectivity index (χ0n) is 10.9. The van der Waals surface area contributed by atoms with Crippen LogP contribution in [0.3, 0.4) is 0 Å². The van der Waals surface area contributed by atoms with Crippen molar-refractivity contribution in [3.05, 3.63) is 23.3 Å². The molecule has 1 aromatic rings. The maximum Gasteiger partial charge on any atom is 2.00 e. The summed E-state index contributed by atoms with van der Waals surface area (Å²) in [5.41, 5.74) is 2.12. The van der Waals surface area contributed by atoms with E-state index in [0.29, 0.717) is 0 Å². The van der Waals surface area contributed by atoms with Crippen molar-refractivity contribution in [3.8, 4) is 11.5 Å². The summed E-state index contributed by atoms with van der Waals surface area (Å²) in [6, 6.07) is 4.22. The quantitative estimate of drug-likeness (QED) is 0.800. The predicted molar refractivity (Wildman–Crippen MR) is 66.6 cm³/mol. The Morgan fingerprint density at radius 1 is 1.00 bits per heavy atom. The first-order valence-electron chi connectivity index (χ1n) is 5.83. The normalized spacial score (nSPS) is 11.1. The van der Waals surface area contributed by atoms with E-state index < -0.39 is 8.07 Å². The van der Waals surface area contributed by atoms with Crippen LogP contribution in [0.1, 0.15) is 18.1 Å². The van der Waals surface area contributed by atoms with Gasteiger partial charge in [0.1, 0.15) is 0 Å². The molecule has 0 aliphatic rings. The number of hydrogen-bond acceptors (Lipinski definition) is 2. The molecule has 0 radical (unpaired) electrons. The maximum atomic E-state index is 11.3. The van der Waals surface area contributed by atoms with E-state index >= 15 is 0 Å². The van der Waals surface area contributed by atoms with Gasteiger partial charge in [-0.1, -0.05) is 44.7 Å². The fourth-order valence-electron chi connectivity index (χ4n) is 1.72. The first-order valence-corrected chi connectivity index (χ1v) is 9.54. The molecule has 4 heteroatoms. The average molecular weight is 295 g/mol. The van der Waals surface area contributed by atoms with Gasteiger partial charge >= 0.3 is 16.5 Å². The van der Waals surface area contributed by atoms with Gasteiger partial charge in [-0.05, 0) is 24.0 Å². The summed E-state index contributed by atoms with van der Waals surface area (Å²) < 4.78 is 0. The topological polar surface area (TPSA) is 46.1 Å². The molecular formula is C13H20NiO2Si. The van der Waals surface area contributed by atoms with Crippen molar-refractivity contribution in [2.45, 2.75) is 45.5 Å². The molecule has 0 amide bonds. The molecule has 0 saturated heterocycles. The Morgan fingerprint density at radius 2 is 1.47 bits per heavy atom. The smallest absolute Gasteiger partial charge is 0.873 e. The van der Waals surface area contributed by atoms with Gasteiger partial charge in [0.25, 0.3) is 0 Å². The minimum absolute atomic E-state index is 0. The van der Waals surface area contributed by atoms with Crippen molar-refractivity contribution in [3.63, 3.8) is 0 Å². The second kappa shape index (κ2) is 6.46. The standard InChI is InChI=1S/C13H22O2Si.Ni/c1-5-10-8-12(14)13(15)9-11(10)6-7-16(2,3)4;/h8-9,14-15H,5-7H2,1-4H3;/q;+2/p-2. The average Bonchev–Trinajstić information content (AvgIpc) is 2.18. The van der Waals surface area contributed by atoms with Crippen molar-refractivity contribution >= 4 is 8.07 Å². The second-order valence-corrected chi connectivity index (χ2v) is 11.1. The molecule has 17 heavy (non-hydrogen) atoms. The summed E-state index contributed by atoms with van der Waals surface area (Å²) in [6.45, 7) is 8.98. The Labute approximate surface area is 115 Å². The molecule has 2 nitrogen and oxygen atoms in total. The van der Waals surface area contributed by atoms with E-state index in [2.05, 4.69) is 19.6 Å². The zero-order chi connectivity index (χ0) is 12.3. The van der Waals surface area contributed by atoms with Gasteiger partial charge in [0.05, 0.1) is 0 Å².